The topological polar surface area (TPSA) is 102 Å². The van der Waals surface area contributed by atoms with Crippen molar-refractivity contribution in [3.8, 4) is 0 Å². The third-order valence-electron chi connectivity index (χ3n) is 3.28. The van der Waals surface area contributed by atoms with E-state index in [9.17, 15) is 14.4 Å². The number of ether oxygens (including phenoxy) is 1. The van der Waals surface area contributed by atoms with Crippen LogP contribution in [0, 0.1) is 0 Å². The number of likely N-dealkylation sites (N-methyl/N-ethyl adjacent to an activating group) is 1. The molecule has 1 saturated heterocycles. The molecule has 7 heteroatoms. The molecule has 2 amide bonds. The average Bonchev–Trinajstić information content (AvgIpc) is 2.69. The highest BCUT2D eigenvalue weighted by atomic mass is 16.5. The number of hydrogen-bond acceptors (Lipinski definition) is 6. The van der Waals surface area contributed by atoms with Crippen molar-refractivity contribution in [2.45, 2.75) is 19.4 Å². The number of carbonyl (C=O) groups excluding carboxylic acids is 3. The van der Waals surface area contributed by atoms with Crippen LogP contribution in [0.4, 0.5) is 11.4 Å². The van der Waals surface area contributed by atoms with E-state index in [1.54, 1.807) is 19.1 Å². The van der Waals surface area contributed by atoms with Crippen molar-refractivity contribution in [1.29, 1.82) is 0 Å². The molecule has 1 unspecified atom stereocenters. The predicted molar refractivity (Wildman–Crippen MR) is 76.6 cm³/mol. The maximum atomic E-state index is 11.9. The van der Waals surface area contributed by atoms with Gasteiger partial charge in [-0.1, -0.05) is 0 Å². The molecule has 0 bridgehead atoms. The number of nitrogens with zero attached hydrogens (tertiary/aromatic N) is 1. The number of amides is 2. The fourth-order valence-electron chi connectivity index (χ4n) is 2.08. The van der Waals surface area contributed by atoms with Gasteiger partial charge in [-0.15, -0.1) is 0 Å². The fourth-order valence-corrected chi connectivity index (χ4v) is 2.08. The summed E-state index contributed by atoms with van der Waals surface area (Å²) in [7, 11) is 1.44. The Hall–Kier alpha value is -2.57. The Balaban J connectivity index is 2.20. The Kier molecular flexibility index (Phi) is 4.11. The van der Waals surface area contributed by atoms with Gasteiger partial charge in [-0.3, -0.25) is 14.5 Å². The molecule has 21 heavy (non-hydrogen) atoms. The second-order valence-corrected chi connectivity index (χ2v) is 4.71. The van der Waals surface area contributed by atoms with Crippen LogP contribution in [0.3, 0.4) is 0 Å². The smallest absolute Gasteiger partial charge is 0.338 e. The number of rotatable bonds is 4. The van der Waals surface area contributed by atoms with Crippen molar-refractivity contribution in [3.63, 3.8) is 0 Å². The van der Waals surface area contributed by atoms with E-state index >= 15 is 0 Å². The number of anilines is 2. The van der Waals surface area contributed by atoms with Gasteiger partial charge in [0.15, 0.2) is 0 Å². The normalized spacial score (nSPS) is 18.0. The molecule has 0 saturated carbocycles. The minimum atomic E-state index is -0.665. The molecule has 112 valence electrons. The molecule has 0 aliphatic carbocycles. The first kappa shape index (κ1) is 14.8. The first-order chi connectivity index (χ1) is 9.93. The highest BCUT2D eigenvalue weighted by Gasteiger charge is 2.36. The molecule has 1 heterocycles. The molecular formula is C14H17N3O4. The average molecular weight is 291 g/mol. The number of esters is 1. The number of nitrogens with two attached hydrogens (primary N) is 1. The number of carbonyl (C=O) groups is 3. The van der Waals surface area contributed by atoms with Gasteiger partial charge < -0.3 is 15.8 Å². The van der Waals surface area contributed by atoms with Crippen LogP contribution in [0.1, 0.15) is 23.7 Å². The molecule has 3 N–H and O–H groups in total. The van der Waals surface area contributed by atoms with Crippen molar-refractivity contribution in [2.24, 2.45) is 0 Å². The molecule has 1 aromatic carbocycles. The first-order valence-electron chi connectivity index (χ1n) is 6.57. The Labute approximate surface area is 122 Å². The lowest BCUT2D eigenvalue weighted by atomic mass is 10.1. The molecule has 1 fully saturated rings. The maximum absolute atomic E-state index is 11.9. The largest absolute Gasteiger partial charge is 0.462 e. The van der Waals surface area contributed by atoms with Gasteiger partial charge in [-0.2, -0.15) is 0 Å². The van der Waals surface area contributed by atoms with Crippen molar-refractivity contribution in [2.75, 3.05) is 24.7 Å². The minimum Gasteiger partial charge on any atom is -0.462 e. The molecule has 1 aliphatic heterocycles. The van der Waals surface area contributed by atoms with Crippen LogP contribution in [0.15, 0.2) is 18.2 Å². The SMILES string of the molecule is CCOC(=O)c1ccc(N)c(NC2CC(=O)N(C)C2=O)c1. The Morgan fingerprint density at radius 3 is 2.76 bits per heavy atom. The van der Waals surface area contributed by atoms with Crippen LogP contribution in [-0.2, 0) is 14.3 Å². The van der Waals surface area contributed by atoms with Gasteiger partial charge in [0.2, 0.25) is 5.91 Å². The van der Waals surface area contributed by atoms with Crippen LogP contribution in [0.2, 0.25) is 0 Å². The van der Waals surface area contributed by atoms with E-state index in [-0.39, 0.29) is 24.8 Å². The standard InChI is InChI=1S/C14H17N3O4/c1-3-21-14(20)8-4-5-9(15)10(6-8)16-11-7-12(18)17(2)13(11)19/h4-6,11,16H,3,7,15H2,1-2H3. The molecular weight excluding hydrogens is 274 g/mol. The quantitative estimate of drug-likeness (QED) is 0.479. The highest BCUT2D eigenvalue weighted by Crippen LogP contribution is 2.24. The van der Waals surface area contributed by atoms with E-state index < -0.39 is 12.0 Å². The van der Waals surface area contributed by atoms with Crippen LogP contribution >= 0.6 is 0 Å². The summed E-state index contributed by atoms with van der Waals surface area (Å²) in [5, 5.41) is 2.91. The van der Waals surface area contributed by atoms with E-state index in [2.05, 4.69) is 5.32 Å². The van der Waals surface area contributed by atoms with E-state index in [4.69, 9.17) is 10.5 Å². The number of likely N-dealkylation sites (tertiary alicyclic amines) is 1. The third-order valence-corrected chi connectivity index (χ3v) is 3.28. The molecule has 0 spiro atoms. The third kappa shape index (κ3) is 2.96. The van der Waals surface area contributed by atoms with Gasteiger partial charge in [-0.25, -0.2) is 4.79 Å². The van der Waals surface area contributed by atoms with Crippen molar-refractivity contribution in [1.82, 2.24) is 4.90 Å². The highest BCUT2D eigenvalue weighted by molar-refractivity contribution is 6.06. The molecule has 0 aromatic heterocycles. The number of hydrogen-bond donors (Lipinski definition) is 2. The maximum Gasteiger partial charge on any atom is 0.338 e. The van der Waals surface area contributed by atoms with Gasteiger partial charge in [0.05, 0.1) is 30.0 Å². The summed E-state index contributed by atoms with van der Waals surface area (Å²) in [5.41, 5.74) is 6.98. The second kappa shape index (κ2) is 5.82. The molecule has 7 nitrogen and oxygen atoms in total. The van der Waals surface area contributed by atoms with E-state index in [0.29, 0.717) is 16.9 Å². The lowest BCUT2D eigenvalue weighted by Gasteiger charge is -2.15. The minimum absolute atomic E-state index is 0.0679. The predicted octanol–water partition coefficient (Wildman–Crippen LogP) is 0.615. The summed E-state index contributed by atoms with van der Waals surface area (Å²) < 4.78 is 4.91. The number of nitrogen functional groups attached to an aromatic ring is 1. The summed E-state index contributed by atoms with van der Waals surface area (Å²) >= 11 is 0. The van der Waals surface area contributed by atoms with Crippen LogP contribution in [0.5, 0.6) is 0 Å². The Morgan fingerprint density at radius 1 is 1.48 bits per heavy atom. The van der Waals surface area contributed by atoms with E-state index in [1.165, 1.54) is 13.1 Å². The molecule has 1 aliphatic rings. The Bertz CT molecular complexity index is 600. The van der Waals surface area contributed by atoms with Crippen molar-refractivity contribution < 1.29 is 19.1 Å². The first-order valence-corrected chi connectivity index (χ1v) is 6.57. The zero-order chi connectivity index (χ0) is 15.6. The molecule has 1 aromatic rings. The summed E-state index contributed by atoms with van der Waals surface area (Å²) in [6.45, 7) is 1.99. The number of nitrogens with one attached hydrogen (secondary N) is 1. The fraction of sp³-hybridized carbons (Fsp3) is 0.357. The lowest BCUT2D eigenvalue weighted by molar-refractivity contribution is -0.136. The Morgan fingerprint density at radius 2 is 2.19 bits per heavy atom. The van der Waals surface area contributed by atoms with Crippen LogP contribution < -0.4 is 11.1 Å². The van der Waals surface area contributed by atoms with E-state index in [1.807, 2.05) is 0 Å². The van der Waals surface area contributed by atoms with Gasteiger partial charge >= 0.3 is 5.97 Å². The summed E-state index contributed by atoms with van der Waals surface area (Å²) in [6.07, 6.45) is 0.0679. The zero-order valence-electron chi connectivity index (χ0n) is 11.9. The van der Waals surface area contributed by atoms with Gasteiger partial charge in [-0.05, 0) is 25.1 Å². The summed E-state index contributed by atoms with van der Waals surface area (Å²) in [5.74, 6) is -1.04. The van der Waals surface area contributed by atoms with Crippen molar-refractivity contribution >= 4 is 29.2 Å². The summed E-state index contributed by atoms with van der Waals surface area (Å²) in [4.78, 5) is 36.1. The molecule has 1 atom stereocenters. The van der Waals surface area contributed by atoms with Gasteiger partial charge in [0.1, 0.15) is 6.04 Å². The van der Waals surface area contributed by atoms with Crippen LogP contribution in [0.25, 0.3) is 0 Å². The molecule has 0 radical (unpaired) electrons. The van der Waals surface area contributed by atoms with Crippen molar-refractivity contribution in [3.05, 3.63) is 23.8 Å². The van der Waals surface area contributed by atoms with Gasteiger partial charge in [0, 0.05) is 7.05 Å². The second-order valence-electron chi connectivity index (χ2n) is 4.71. The number of imide groups is 1. The monoisotopic (exact) mass is 291 g/mol. The lowest BCUT2D eigenvalue weighted by Crippen LogP contribution is -2.32. The summed E-state index contributed by atoms with van der Waals surface area (Å²) in [6, 6.07) is 3.96. The van der Waals surface area contributed by atoms with Crippen LogP contribution in [-0.4, -0.2) is 42.4 Å². The van der Waals surface area contributed by atoms with E-state index in [0.717, 1.165) is 4.90 Å². The van der Waals surface area contributed by atoms with Gasteiger partial charge in [0.25, 0.3) is 5.91 Å². The zero-order valence-corrected chi connectivity index (χ0v) is 11.9. The number of benzene rings is 1. The molecule has 2 rings (SSSR count).